The number of hydrogen-bond donors (Lipinski definition) is 2. The molecule has 1 atom stereocenters. The van der Waals surface area contributed by atoms with Crippen LogP contribution in [0.2, 0.25) is 0 Å². The van der Waals surface area contributed by atoms with Crippen LogP contribution in [0.25, 0.3) is 10.9 Å². The molecule has 9 heteroatoms. The molecule has 1 saturated carbocycles. The third kappa shape index (κ3) is 7.45. The highest BCUT2D eigenvalue weighted by Crippen LogP contribution is 2.29. The number of fused-ring (bicyclic) bond motifs is 1. The molecule has 1 aromatic heterocycles. The second-order valence-corrected chi connectivity index (χ2v) is 12.3. The molecule has 4 aromatic rings. The molecule has 0 aliphatic heterocycles. The molecule has 1 unspecified atom stereocenters. The van der Waals surface area contributed by atoms with E-state index in [1.807, 2.05) is 74.4 Å². The summed E-state index contributed by atoms with van der Waals surface area (Å²) in [5, 5.41) is 7.13. The van der Waals surface area contributed by atoms with Crippen molar-refractivity contribution < 1.29 is 14.0 Å². The molecular formula is C33H36FN5O2S. The molecule has 1 fully saturated rings. The van der Waals surface area contributed by atoms with Gasteiger partial charge in [-0.2, -0.15) is 4.98 Å². The van der Waals surface area contributed by atoms with Gasteiger partial charge in [0.2, 0.25) is 11.9 Å². The van der Waals surface area contributed by atoms with Gasteiger partial charge in [-0.05, 0) is 81.1 Å². The number of carbonyl (C=O) groups is 2. The summed E-state index contributed by atoms with van der Waals surface area (Å²) >= 11 is 1.39. The van der Waals surface area contributed by atoms with Gasteiger partial charge in [0.05, 0.1) is 10.8 Å². The van der Waals surface area contributed by atoms with Gasteiger partial charge in [0.25, 0.3) is 0 Å². The standard InChI is InChI=1S/C33H36FN5O2S/c1-21-8-18-26(19-9-21)42-30(20-29(40)22-10-12-23(34)13-11-22)32(41)35-24-14-16-25(17-15-24)36-33-37-28-7-5-4-6-27(28)31(38-33)39(2)3/h4-13,18-19,24-25,30H,14-17,20H2,1-3H3,(H,35,41)(H,36,37,38). The fraction of sp³-hybridized carbons (Fsp3) is 0.333. The highest BCUT2D eigenvalue weighted by molar-refractivity contribution is 8.00. The lowest BCUT2D eigenvalue weighted by Crippen LogP contribution is -2.44. The summed E-state index contributed by atoms with van der Waals surface area (Å²) in [4.78, 5) is 39.0. The Morgan fingerprint density at radius 3 is 2.29 bits per heavy atom. The number of aryl methyl sites for hydroxylation is 1. The summed E-state index contributed by atoms with van der Waals surface area (Å²) in [7, 11) is 3.95. The molecule has 42 heavy (non-hydrogen) atoms. The molecule has 1 heterocycles. The summed E-state index contributed by atoms with van der Waals surface area (Å²) in [6.45, 7) is 2.01. The number of benzene rings is 3. The molecule has 3 aromatic carbocycles. The number of thioether (sulfide) groups is 1. The van der Waals surface area contributed by atoms with Crippen LogP contribution in [0.1, 0.15) is 48.0 Å². The Morgan fingerprint density at radius 2 is 1.60 bits per heavy atom. The second kappa shape index (κ2) is 13.3. The zero-order valence-corrected chi connectivity index (χ0v) is 25.0. The molecule has 7 nitrogen and oxygen atoms in total. The van der Waals surface area contributed by atoms with E-state index in [1.165, 1.54) is 36.0 Å². The van der Waals surface area contributed by atoms with Gasteiger partial charge < -0.3 is 15.5 Å². The lowest BCUT2D eigenvalue weighted by Gasteiger charge is -2.31. The maximum Gasteiger partial charge on any atom is 0.234 e. The van der Waals surface area contributed by atoms with E-state index in [2.05, 4.69) is 10.6 Å². The first kappa shape index (κ1) is 29.5. The fourth-order valence-corrected chi connectivity index (χ4v) is 6.25. The van der Waals surface area contributed by atoms with Crippen LogP contribution in [0.15, 0.2) is 77.7 Å². The number of carbonyl (C=O) groups excluding carboxylic acids is 2. The van der Waals surface area contributed by atoms with Crippen LogP contribution in [0.3, 0.4) is 0 Å². The van der Waals surface area contributed by atoms with E-state index in [0.29, 0.717) is 11.5 Å². The van der Waals surface area contributed by atoms with Crippen molar-refractivity contribution in [3.8, 4) is 0 Å². The Kier molecular flexibility index (Phi) is 9.37. The minimum absolute atomic E-state index is 0.0208. The van der Waals surface area contributed by atoms with Crippen LogP contribution < -0.4 is 15.5 Å². The third-order valence-electron chi connectivity index (χ3n) is 7.54. The molecule has 0 bridgehead atoms. The largest absolute Gasteiger partial charge is 0.362 e. The molecule has 1 aliphatic carbocycles. The van der Waals surface area contributed by atoms with Gasteiger partial charge in [-0.3, -0.25) is 9.59 Å². The van der Waals surface area contributed by atoms with Crippen molar-refractivity contribution in [1.82, 2.24) is 15.3 Å². The maximum atomic E-state index is 13.5. The van der Waals surface area contributed by atoms with Crippen LogP contribution in [0.5, 0.6) is 0 Å². The number of rotatable bonds is 10. The van der Waals surface area contributed by atoms with Crippen molar-refractivity contribution in [1.29, 1.82) is 0 Å². The van der Waals surface area contributed by atoms with E-state index in [1.54, 1.807) is 0 Å². The van der Waals surface area contributed by atoms with Gasteiger partial charge in [-0.1, -0.05) is 29.8 Å². The van der Waals surface area contributed by atoms with Crippen LogP contribution in [0.4, 0.5) is 16.2 Å². The van der Waals surface area contributed by atoms with E-state index in [9.17, 15) is 14.0 Å². The number of nitrogens with one attached hydrogen (secondary N) is 2. The molecule has 0 saturated heterocycles. The topological polar surface area (TPSA) is 87.2 Å². The highest BCUT2D eigenvalue weighted by atomic mass is 32.2. The van der Waals surface area contributed by atoms with Gasteiger partial charge in [-0.25, -0.2) is 9.37 Å². The predicted molar refractivity (Wildman–Crippen MR) is 168 cm³/mol. The summed E-state index contributed by atoms with van der Waals surface area (Å²) in [6.07, 6.45) is 3.38. The summed E-state index contributed by atoms with van der Waals surface area (Å²) in [6, 6.07) is 21.6. The van der Waals surface area contributed by atoms with Crippen molar-refractivity contribution >= 4 is 46.1 Å². The van der Waals surface area contributed by atoms with E-state index in [4.69, 9.17) is 9.97 Å². The van der Waals surface area contributed by atoms with Crippen molar-refractivity contribution in [2.45, 2.75) is 61.3 Å². The van der Waals surface area contributed by atoms with Crippen molar-refractivity contribution in [2.24, 2.45) is 0 Å². The summed E-state index contributed by atoms with van der Waals surface area (Å²) < 4.78 is 13.4. The summed E-state index contributed by atoms with van der Waals surface area (Å²) in [5.74, 6) is 0.747. The number of nitrogens with zero attached hydrogens (tertiary/aromatic N) is 3. The highest BCUT2D eigenvalue weighted by Gasteiger charge is 2.29. The van der Waals surface area contributed by atoms with Crippen molar-refractivity contribution in [3.63, 3.8) is 0 Å². The number of anilines is 2. The Morgan fingerprint density at radius 1 is 0.929 bits per heavy atom. The SMILES string of the molecule is Cc1ccc(SC(CC(=O)c2ccc(F)cc2)C(=O)NC2CCC(Nc3nc(N(C)C)c4ccccc4n3)CC2)cc1. The van der Waals surface area contributed by atoms with Crippen molar-refractivity contribution in [2.75, 3.05) is 24.3 Å². The van der Waals surface area contributed by atoms with Gasteiger partial charge in [-0.15, -0.1) is 11.8 Å². The molecule has 1 amide bonds. The Hall–Kier alpha value is -3.98. The Labute approximate surface area is 250 Å². The maximum absolute atomic E-state index is 13.5. The average Bonchev–Trinajstić information content (AvgIpc) is 2.98. The number of amides is 1. The van der Waals surface area contributed by atoms with Crippen LogP contribution in [0, 0.1) is 12.7 Å². The van der Waals surface area contributed by atoms with E-state index in [-0.39, 0.29) is 30.2 Å². The zero-order chi connectivity index (χ0) is 29.6. The molecule has 0 radical (unpaired) electrons. The number of aromatic nitrogens is 2. The quantitative estimate of drug-likeness (QED) is 0.164. The number of halogens is 1. The zero-order valence-electron chi connectivity index (χ0n) is 24.1. The van der Waals surface area contributed by atoms with Crippen molar-refractivity contribution in [3.05, 3.63) is 89.7 Å². The Bertz CT molecular complexity index is 1540. The lowest BCUT2D eigenvalue weighted by atomic mass is 9.91. The third-order valence-corrected chi connectivity index (χ3v) is 8.75. The fourth-order valence-electron chi connectivity index (χ4n) is 5.22. The van der Waals surface area contributed by atoms with E-state index in [0.717, 1.165) is 52.9 Å². The van der Waals surface area contributed by atoms with Gasteiger partial charge in [0.15, 0.2) is 5.78 Å². The normalized spacial score (nSPS) is 17.4. The Balaban J connectivity index is 1.21. The first-order valence-electron chi connectivity index (χ1n) is 14.3. The number of hydrogen-bond acceptors (Lipinski definition) is 7. The lowest BCUT2D eigenvalue weighted by molar-refractivity contribution is -0.121. The van der Waals surface area contributed by atoms with Gasteiger partial charge in [0.1, 0.15) is 11.6 Å². The molecule has 2 N–H and O–H groups in total. The number of Topliss-reactive ketones (excluding diaryl/α,β-unsaturated/α-hetero) is 1. The van der Waals surface area contributed by atoms with Gasteiger partial charge >= 0.3 is 0 Å². The van der Waals surface area contributed by atoms with E-state index < -0.39 is 11.1 Å². The molecule has 0 spiro atoms. The minimum Gasteiger partial charge on any atom is -0.362 e. The second-order valence-electron chi connectivity index (χ2n) is 11.0. The number of ketones is 1. The van der Waals surface area contributed by atoms with Crippen LogP contribution in [-0.2, 0) is 4.79 Å². The first-order chi connectivity index (χ1) is 20.2. The van der Waals surface area contributed by atoms with Gasteiger partial charge in [0, 0.05) is 48.4 Å². The monoisotopic (exact) mass is 585 g/mol. The predicted octanol–water partition coefficient (Wildman–Crippen LogP) is 6.42. The molecule has 5 rings (SSSR count). The molecular weight excluding hydrogens is 549 g/mol. The van der Waals surface area contributed by atoms with Crippen LogP contribution >= 0.6 is 11.8 Å². The smallest absolute Gasteiger partial charge is 0.234 e. The molecule has 218 valence electrons. The van der Waals surface area contributed by atoms with E-state index >= 15 is 0 Å². The first-order valence-corrected chi connectivity index (χ1v) is 15.2. The molecule has 1 aliphatic rings. The van der Waals surface area contributed by atoms with Crippen LogP contribution in [-0.4, -0.2) is 53.1 Å². The average molecular weight is 586 g/mol. The number of para-hydroxylation sites is 1. The minimum atomic E-state index is -0.600. The summed E-state index contributed by atoms with van der Waals surface area (Å²) in [5.41, 5.74) is 2.42.